The monoisotopic (exact) mass is 498 g/mol. The van der Waals surface area contributed by atoms with Crippen molar-refractivity contribution in [3.8, 4) is 0 Å². The first-order valence-corrected chi connectivity index (χ1v) is 13.2. The summed E-state index contributed by atoms with van der Waals surface area (Å²) in [4.78, 5) is 40.3. The van der Waals surface area contributed by atoms with Gasteiger partial charge in [-0.3, -0.25) is 14.4 Å². The van der Waals surface area contributed by atoms with Gasteiger partial charge in [0.15, 0.2) is 0 Å². The van der Waals surface area contributed by atoms with E-state index in [4.69, 9.17) is 0 Å². The molecule has 2 fully saturated rings. The summed E-state index contributed by atoms with van der Waals surface area (Å²) in [5, 5.41) is 2.78. The van der Waals surface area contributed by atoms with Crippen LogP contribution in [-0.4, -0.2) is 68.1 Å². The fourth-order valence-electron chi connectivity index (χ4n) is 4.29. The van der Waals surface area contributed by atoms with Crippen molar-refractivity contribution in [2.24, 2.45) is 0 Å². The molecule has 10 heteroatoms. The molecule has 9 nitrogen and oxygen atoms in total. The van der Waals surface area contributed by atoms with Gasteiger partial charge in [0.25, 0.3) is 0 Å². The average molecular weight is 499 g/mol. The minimum atomic E-state index is -3.59. The van der Waals surface area contributed by atoms with Crippen molar-refractivity contribution >= 4 is 39.1 Å². The SMILES string of the molecule is Cc1ccc(S(=O)(=O)N2CCN(C(=O)CCC(=O)Nc3ccc(N4CCCC4=O)cc3)CC2)cc1. The van der Waals surface area contributed by atoms with E-state index in [2.05, 4.69) is 5.32 Å². The Morgan fingerprint density at radius 1 is 0.886 bits per heavy atom. The van der Waals surface area contributed by atoms with Gasteiger partial charge in [0.1, 0.15) is 0 Å². The van der Waals surface area contributed by atoms with Gasteiger partial charge < -0.3 is 15.1 Å². The van der Waals surface area contributed by atoms with Gasteiger partial charge in [-0.25, -0.2) is 8.42 Å². The number of carbonyl (C=O) groups is 3. The smallest absolute Gasteiger partial charge is 0.243 e. The van der Waals surface area contributed by atoms with Crippen LogP contribution in [0.4, 0.5) is 11.4 Å². The molecular weight excluding hydrogens is 468 g/mol. The standard InChI is InChI=1S/C25H30N4O5S/c1-19-4-10-22(11-5-19)35(33,34)28-17-15-27(16-18-28)24(31)13-12-23(30)26-20-6-8-21(9-7-20)29-14-2-3-25(29)32/h4-11H,2-3,12-18H2,1H3,(H,26,30). The number of hydrogen-bond acceptors (Lipinski definition) is 5. The number of anilines is 2. The van der Waals surface area contributed by atoms with Gasteiger partial charge in [0, 0.05) is 63.4 Å². The van der Waals surface area contributed by atoms with Crippen LogP contribution in [0.3, 0.4) is 0 Å². The largest absolute Gasteiger partial charge is 0.340 e. The van der Waals surface area contributed by atoms with Crippen molar-refractivity contribution in [3.05, 3.63) is 54.1 Å². The lowest BCUT2D eigenvalue weighted by Crippen LogP contribution is -2.50. The van der Waals surface area contributed by atoms with Crippen molar-refractivity contribution in [1.82, 2.24) is 9.21 Å². The van der Waals surface area contributed by atoms with Crippen molar-refractivity contribution in [1.29, 1.82) is 0 Å². The first-order chi connectivity index (χ1) is 16.7. The highest BCUT2D eigenvalue weighted by atomic mass is 32.2. The summed E-state index contributed by atoms with van der Waals surface area (Å²) in [5.74, 6) is -0.340. The first kappa shape index (κ1) is 24.9. The van der Waals surface area contributed by atoms with Crippen molar-refractivity contribution < 1.29 is 22.8 Å². The van der Waals surface area contributed by atoms with Gasteiger partial charge in [-0.15, -0.1) is 0 Å². The molecule has 0 saturated carbocycles. The fraction of sp³-hybridized carbons (Fsp3) is 0.400. The van der Waals surface area contributed by atoms with Gasteiger partial charge in [-0.2, -0.15) is 4.31 Å². The number of hydrogen-bond donors (Lipinski definition) is 1. The summed E-state index contributed by atoms with van der Waals surface area (Å²) in [5.41, 5.74) is 2.40. The number of aryl methyl sites for hydroxylation is 1. The van der Waals surface area contributed by atoms with Crippen LogP contribution in [0.25, 0.3) is 0 Å². The zero-order valence-corrected chi connectivity index (χ0v) is 20.6. The van der Waals surface area contributed by atoms with Crippen LogP contribution in [0.5, 0.6) is 0 Å². The summed E-state index contributed by atoms with van der Waals surface area (Å²) in [6.07, 6.45) is 1.50. The maximum atomic E-state index is 12.8. The van der Waals surface area contributed by atoms with E-state index < -0.39 is 10.0 Å². The fourth-order valence-corrected chi connectivity index (χ4v) is 5.71. The Morgan fingerprint density at radius 2 is 1.54 bits per heavy atom. The maximum absolute atomic E-state index is 12.8. The van der Waals surface area contributed by atoms with E-state index in [1.54, 1.807) is 58.3 Å². The molecular formula is C25H30N4O5S. The number of nitrogens with one attached hydrogen (secondary N) is 1. The van der Waals surface area contributed by atoms with Crippen molar-refractivity contribution in [2.75, 3.05) is 42.9 Å². The maximum Gasteiger partial charge on any atom is 0.243 e. The number of benzene rings is 2. The second-order valence-electron chi connectivity index (χ2n) is 8.84. The lowest BCUT2D eigenvalue weighted by atomic mass is 10.2. The highest BCUT2D eigenvalue weighted by Gasteiger charge is 2.30. The molecule has 186 valence electrons. The molecule has 4 rings (SSSR count). The molecule has 2 saturated heterocycles. The normalized spacial score (nSPS) is 17.0. The lowest BCUT2D eigenvalue weighted by Gasteiger charge is -2.34. The molecule has 3 amide bonds. The Hall–Kier alpha value is -3.24. The molecule has 2 aliphatic heterocycles. The Balaban J connectivity index is 1.22. The lowest BCUT2D eigenvalue weighted by molar-refractivity contribution is -0.133. The summed E-state index contributed by atoms with van der Waals surface area (Å²) in [6.45, 7) is 3.64. The highest BCUT2D eigenvalue weighted by Crippen LogP contribution is 2.23. The number of piperazine rings is 1. The predicted octanol–water partition coefficient (Wildman–Crippen LogP) is 2.37. The molecule has 0 radical (unpaired) electrons. The molecule has 0 aliphatic carbocycles. The van der Waals surface area contributed by atoms with E-state index in [1.165, 1.54) is 4.31 Å². The molecule has 2 aromatic rings. The van der Waals surface area contributed by atoms with Gasteiger partial charge in [0.2, 0.25) is 27.7 Å². The Labute approximate surface area is 205 Å². The Kier molecular flexibility index (Phi) is 7.51. The summed E-state index contributed by atoms with van der Waals surface area (Å²) < 4.78 is 27.0. The Morgan fingerprint density at radius 3 is 2.14 bits per heavy atom. The van der Waals surface area contributed by atoms with E-state index in [0.717, 1.165) is 17.7 Å². The van der Waals surface area contributed by atoms with Crippen LogP contribution in [-0.2, 0) is 24.4 Å². The van der Waals surface area contributed by atoms with E-state index >= 15 is 0 Å². The van der Waals surface area contributed by atoms with E-state index in [1.807, 2.05) is 6.92 Å². The third kappa shape index (κ3) is 5.88. The molecule has 35 heavy (non-hydrogen) atoms. The molecule has 0 bridgehead atoms. The predicted molar refractivity (Wildman–Crippen MR) is 132 cm³/mol. The number of sulfonamides is 1. The van der Waals surface area contributed by atoms with Crippen LogP contribution in [0.1, 0.15) is 31.2 Å². The van der Waals surface area contributed by atoms with Crippen LogP contribution in [0.2, 0.25) is 0 Å². The minimum absolute atomic E-state index is 0.0348. The van der Waals surface area contributed by atoms with Crippen molar-refractivity contribution in [2.45, 2.75) is 37.5 Å². The third-order valence-electron chi connectivity index (χ3n) is 6.35. The molecule has 1 N–H and O–H groups in total. The van der Waals surface area contributed by atoms with E-state index in [9.17, 15) is 22.8 Å². The molecule has 0 spiro atoms. The second kappa shape index (κ2) is 10.6. The summed E-state index contributed by atoms with van der Waals surface area (Å²) >= 11 is 0. The molecule has 2 aliphatic rings. The molecule has 2 heterocycles. The summed E-state index contributed by atoms with van der Waals surface area (Å²) in [7, 11) is -3.59. The zero-order chi connectivity index (χ0) is 25.0. The summed E-state index contributed by atoms with van der Waals surface area (Å²) in [6, 6.07) is 13.8. The van der Waals surface area contributed by atoms with Gasteiger partial charge in [-0.1, -0.05) is 17.7 Å². The number of nitrogens with zero attached hydrogens (tertiary/aromatic N) is 3. The topological polar surface area (TPSA) is 107 Å². The minimum Gasteiger partial charge on any atom is -0.340 e. The highest BCUT2D eigenvalue weighted by molar-refractivity contribution is 7.89. The third-order valence-corrected chi connectivity index (χ3v) is 8.27. The van der Waals surface area contributed by atoms with Gasteiger partial charge >= 0.3 is 0 Å². The molecule has 2 aromatic carbocycles. The quantitative estimate of drug-likeness (QED) is 0.631. The zero-order valence-electron chi connectivity index (χ0n) is 19.8. The Bertz CT molecular complexity index is 1190. The van der Waals surface area contributed by atoms with E-state index in [0.29, 0.717) is 31.7 Å². The van der Waals surface area contributed by atoms with Gasteiger partial charge in [-0.05, 0) is 49.7 Å². The molecule has 0 unspecified atom stereocenters. The first-order valence-electron chi connectivity index (χ1n) is 11.8. The molecule has 0 aromatic heterocycles. The van der Waals surface area contributed by atoms with E-state index in [-0.39, 0.29) is 48.5 Å². The molecule has 0 atom stereocenters. The van der Waals surface area contributed by atoms with Crippen LogP contribution in [0, 0.1) is 6.92 Å². The van der Waals surface area contributed by atoms with Gasteiger partial charge in [0.05, 0.1) is 4.90 Å². The number of amides is 3. The number of carbonyl (C=O) groups excluding carboxylic acids is 3. The van der Waals surface area contributed by atoms with Crippen LogP contribution in [0.15, 0.2) is 53.4 Å². The second-order valence-corrected chi connectivity index (χ2v) is 10.8. The van der Waals surface area contributed by atoms with Crippen molar-refractivity contribution in [3.63, 3.8) is 0 Å². The van der Waals surface area contributed by atoms with Crippen LogP contribution < -0.4 is 10.2 Å². The average Bonchev–Trinajstić information content (AvgIpc) is 3.29. The van der Waals surface area contributed by atoms with Crippen LogP contribution >= 0.6 is 0 Å². The number of rotatable bonds is 7.